The summed E-state index contributed by atoms with van der Waals surface area (Å²) in [7, 11) is 0. The van der Waals surface area contributed by atoms with E-state index in [1.165, 1.54) is 6.07 Å². The van der Waals surface area contributed by atoms with Gasteiger partial charge in [-0.25, -0.2) is 0 Å². The number of nitrogens with zero attached hydrogens (tertiary/aromatic N) is 2. The van der Waals surface area contributed by atoms with Gasteiger partial charge in [-0.2, -0.15) is 0 Å². The van der Waals surface area contributed by atoms with Crippen LogP contribution < -0.4 is 10.7 Å². The maximum Gasteiger partial charge on any atom is 0.242 e. The number of amides is 1. The number of carbonyl (C=O) groups is 1. The summed E-state index contributed by atoms with van der Waals surface area (Å²) < 4.78 is 13.4. The molecule has 0 aliphatic carbocycles. The maximum atomic E-state index is 12.9. The summed E-state index contributed by atoms with van der Waals surface area (Å²) in [5.74, 6) is 0.0192. The lowest BCUT2D eigenvalue weighted by atomic mass is 10.0. The molecule has 26 heavy (non-hydrogen) atoms. The third kappa shape index (κ3) is 3.38. The zero-order chi connectivity index (χ0) is 18.0. The average Bonchev–Trinajstić information content (AvgIpc) is 2.89. The van der Waals surface area contributed by atoms with E-state index in [1.54, 1.807) is 12.3 Å². The number of ether oxygens (including phenoxy) is 2. The average molecular weight is 357 g/mol. The van der Waals surface area contributed by atoms with Crippen LogP contribution in [0.15, 0.2) is 41.3 Å². The molecule has 7 heteroatoms. The number of hydrogen-bond acceptors (Lipinski definition) is 5. The Balaban J connectivity index is 1.53. The number of carbonyl (C=O) groups excluding carboxylic acids is 1. The Morgan fingerprint density at radius 1 is 1.23 bits per heavy atom. The van der Waals surface area contributed by atoms with Gasteiger partial charge >= 0.3 is 0 Å². The van der Waals surface area contributed by atoms with E-state index in [0.717, 1.165) is 12.1 Å². The lowest BCUT2D eigenvalue weighted by Gasteiger charge is -2.41. The molecule has 138 valence electrons. The number of pyridine rings is 1. The first-order chi connectivity index (χ1) is 12.7. The Morgan fingerprint density at radius 3 is 3.04 bits per heavy atom. The molecule has 0 unspecified atom stereocenters. The second-order valence-corrected chi connectivity index (χ2v) is 6.90. The van der Waals surface area contributed by atoms with Gasteiger partial charge in [-0.1, -0.05) is 12.1 Å². The predicted octanol–water partition coefficient (Wildman–Crippen LogP) is 0.219. The molecule has 1 amide bonds. The molecule has 2 aliphatic heterocycles. The molecule has 0 bridgehead atoms. The van der Waals surface area contributed by atoms with Crippen molar-refractivity contribution in [3.63, 3.8) is 0 Å². The Hall–Kier alpha value is -2.22. The van der Waals surface area contributed by atoms with Crippen LogP contribution >= 0.6 is 0 Å². The molecule has 1 aromatic heterocycles. The van der Waals surface area contributed by atoms with E-state index in [2.05, 4.69) is 5.32 Å². The predicted molar refractivity (Wildman–Crippen MR) is 97.2 cm³/mol. The second kappa shape index (κ2) is 7.19. The summed E-state index contributed by atoms with van der Waals surface area (Å²) in [6.07, 6.45) is 1.69. The molecule has 2 saturated heterocycles. The van der Waals surface area contributed by atoms with Crippen LogP contribution in [0.5, 0.6) is 0 Å². The smallest absolute Gasteiger partial charge is 0.242 e. The Labute approximate surface area is 151 Å². The van der Waals surface area contributed by atoms with E-state index < -0.39 is 5.60 Å². The fourth-order valence-corrected chi connectivity index (χ4v) is 3.67. The van der Waals surface area contributed by atoms with Gasteiger partial charge in [0.25, 0.3) is 0 Å². The van der Waals surface area contributed by atoms with Crippen molar-refractivity contribution < 1.29 is 14.3 Å². The van der Waals surface area contributed by atoms with Crippen LogP contribution in [0.1, 0.15) is 0 Å². The van der Waals surface area contributed by atoms with E-state index in [4.69, 9.17) is 9.47 Å². The van der Waals surface area contributed by atoms with Crippen molar-refractivity contribution >= 4 is 16.8 Å². The topological polar surface area (TPSA) is 72.8 Å². The molecular formula is C19H23N3O4. The molecule has 3 heterocycles. The minimum absolute atomic E-state index is 0.0192. The Kier molecular flexibility index (Phi) is 4.76. The zero-order valence-electron chi connectivity index (χ0n) is 14.6. The van der Waals surface area contributed by atoms with E-state index >= 15 is 0 Å². The van der Waals surface area contributed by atoms with Crippen molar-refractivity contribution in [2.75, 3.05) is 46.0 Å². The molecule has 1 N–H and O–H groups in total. The molecule has 1 aromatic carbocycles. The molecule has 2 fully saturated rings. The number of para-hydroxylation sites is 1. The first kappa shape index (κ1) is 17.2. The highest BCUT2D eigenvalue weighted by Gasteiger charge is 2.39. The van der Waals surface area contributed by atoms with Crippen molar-refractivity contribution in [2.45, 2.75) is 12.1 Å². The second-order valence-electron chi connectivity index (χ2n) is 6.90. The van der Waals surface area contributed by atoms with Crippen LogP contribution in [0, 0.1) is 0 Å². The van der Waals surface area contributed by atoms with Gasteiger partial charge in [0.05, 0.1) is 31.9 Å². The van der Waals surface area contributed by atoms with Gasteiger partial charge in [0.1, 0.15) is 12.1 Å². The summed E-state index contributed by atoms with van der Waals surface area (Å²) in [5.41, 5.74) is 0.267. The number of benzene rings is 1. The molecule has 1 atom stereocenters. The van der Waals surface area contributed by atoms with Crippen LogP contribution in [0.25, 0.3) is 10.9 Å². The van der Waals surface area contributed by atoms with Gasteiger partial charge in [-0.3, -0.25) is 9.59 Å². The summed E-state index contributed by atoms with van der Waals surface area (Å²) in [4.78, 5) is 26.8. The summed E-state index contributed by atoms with van der Waals surface area (Å²) in [6.45, 7) is 4.40. The van der Waals surface area contributed by atoms with E-state index in [1.807, 2.05) is 27.7 Å². The van der Waals surface area contributed by atoms with Crippen molar-refractivity contribution in [1.82, 2.24) is 14.8 Å². The lowest BCUT2D eigenvalue weighted by Crippen LogP contribution is -2.59. The van der Waals surface area contributed by atoms with Crippen molar-refractivity contribution in [1.29, 1.82) is 0 Å². The van der Waals surface area contributed by atoms with Crippen LogP contribution in [0.4, 0.5) is 0 Å². The van der Waals surface area contributed by atoms with Crippen molar-refractivity contribution in [2.24, 2.45) is 0 Å². The normalized spacial score (nSPS) is 23.9. The number of aromatic nitrogens is 1. The summed E-state index contributed by atoms with van der Waals surface area (Å²) in [6, 6.07) is 8.88. The molecule has 7 nitrogen and oxygen atoms in total. The third-order valence-corrected chi connectivity index (χ3v) is 5.03. The zero-order valence-corrected chi connectivity index (χ0v) is 14.6. The Bertz CT molecular complexity index is 855. The highest BCUT2D eigenvalue weighted by molar-refractivity contribution is 5.82. The fourth-order valence-electron chi connectivity index (χ4n) is 3.67. The lowest BCUT2D eigenvalue weighted by molar-refractivity contribution is -0.158. The first-order valence-electron chi connectivity index (χ1n) is 8.95. The fraction of sp³-hybridized carbons (Fsp3) is 0.474. The van der Waals surface area contributed by atoms with Crippen LogP contribution in [-0.4, -0.2) is 67.0 Å². The van der Waals surface area contributed by atoms with Crippen LogP contribution in [0.2, 0.25) is 0 Å². The standard InChI is InChI=1S/C19H23N3O4/c23-17-5-7-21(16-4-2-1-3-15(16)17)11-18(24)22-8-10-26-19(13-22)12-20-6-9-25-14-19/h1-5,7,20H,6,8-14H2/t19-/m0/s1. The molecule has 2 aromatic rings. The maximum absolute atomic E-state index is 12.9. The highest BCUT2D eigenvalue weighted by atomic mass is 16.5. The van der Waals surface area contributed by atoms with E-state index in [9.17, 15) is 9.59 Å². The molecular weight excluding hydrogens is 334 g/mol. The molecule has 0 saturated carbocycles. The van der Waals surface area contributed by atoms with Gasteiger partial charge in [0, 0.05) is 37.3 Å². The van der Waals surface area contributed by atoms with Gasteiger partial charge in [-0.05, 0) is 12.1 Å². The molecule has 1 spiro atoms. The van der Waals surface area contributed by atoms with Gasteiger partial charge in [0.15, 0.2) is 5.43 Å². The molecule has 2 aliphatic rings. The van der Waals surface area contributed by atoms with Crippen molar-refractivity contribution in [3.8, 4) is 0 Å². The Morgan fingerprint density at radius 2 is 2.12 bits per heavy atom. The minimum Gasteiger partial charge on any atom is -0.377 e. The van der Waals surface area contributed by atoms with Crippen LogP contribution in [0.3, 0.4) is 0 Å². The summed E-state index contributed by atoms with van der Waals surface area (Å²) in [5, 5.41) is 3.95. The van der Waals surface area contributed by atoms with Gasteiger partial charge in [0.2, 0.25) is 5.91 Å². The number of hydrogen-bond donors (Lipinski definition) is 1. The number of nitrogens with one attached hydrogen (secondary N) is 1. The van der Waals surface area contributed by atoms with Gasteiger partial charge in [-0.15, -0.1) is 0 Å². The molecule has 0 radical (unpaired) electrons. The minimum atomic E-state index is -0.476. The first-order valence-corrected chi connectivity index (χ1v) is 8.95. The van der Waals surface area contributed by atoms with Crippen LogP contribution in [-0.2, 0) is 20.8 Å². The quantitative estimate of drug-likeness (QED) is 0.832. The SMILES string of the molecule is O=C(Cn1ccc(=O)c2ccccc21)N1CCO[C@@]2(CNCCOC2)C1. The highest BCUT2D eigenvalue weighted by Crippen LogP contribution is 2.20. The number of fused-ring (bicyclic) bond motifs is 1. The third-order valence-electron chi connectivity index (χ3n) is 5.03. The number of rotatable bonds is 2. The van der Waals surface area contributed by atoms with Gasteiger partial charge < -0.3 is 24.3 Å². The number of morpholine rings is 1. The molecule has 4 rings (SSSR count). The monoisotopic (exact) mass is 357 g/mol. The van der Waals surface area contributed by atoms with Crippen molar-refractivity contribution in [3.05, 3.63) is 46.8 Å². The van der Waals surface area contributed by atoms with E-state index in [0.29, 0.717) is 44.8 Å². The van der Waals surface area contributed by atoms with E-state index in [-0.39, 0.29) is 17.9 Å². The summed E-state index contributed by atoms with van der Waals surface area (Å²) >= 11 is 0. The largest absolute Gasteiger partial charge is 0.377 e.